The molecule has 20 heavy (non-hydrogen) atoms. The normalized spacial score (nSPS) is 17.6. The molecule has 110 valence electrons. The lowest BCUT2D eigenvalue weighted by atomic mass is 10.2. The second kappa shape index (κ2) is 6.62. The number of sulfonamides is 1. The third-order valence-electron chi connectivity index (χ3n) is 3.03. The maximum absolute atomic E-state index is 12.6. The van der Waals surface area contributed by atoms with Crippen LogP contribution in [0.3, 0.4) is 0 Å². The first-order chi connectivity index (χ1) is 9.43. The molecule has 0 spiro atoms. The van der Waals surface area contributed by atoms with Crippen molar-refractivity contribution in [3.05, 3.63) is 28.8 Å². The van der Waals surface area contributed by atoms with Gasteiger partial charge in [-0.3, -0.25) is 0 Å². The first kappa shape index (κ1) is 16.0. The fraction of sp³-hybridized carbons (Fsp3) is 0.417. The molecule has 2 rings (SSSR count). The van der Waals surface area contributed by atoms with Crippen LogP contribution in [0.15, 0.2) is 23.1 Å². The summed E-state index contributed by atoms with van der Waals surface area (Å²) in [5.41, 5.74) is 6.01. The highest BCUT2D eigenvalue weighted by Crippen LogP contribution is 2.25. The van der Waals surface area contributed by atoms with Gasteiger partial charge in [0.25, 0.3) is 0 Å². The van der Waals surface area contributed by atoms with Crippen LogP contribution in [0, 0.1) is 0 Å². The Labute approximate surface area is 133 Å². The highest BCUT2D eigenvalue weighted by Gasteiger charge is 2.25. The Bertz CT molecular complexity index is 611. The molecule has 0 aliphatic carbocycles. The standard InChI is InChI=1S/C12H15ClN2O2S3/c13-11-8-9(2-3-10(11)12(14)18)20(16,17)15-4-1-6-19-7-5-15/h2-3,8H,1,4-7H2,(H2,14,18). The maximum atomic E-state index is 12.6. The van der Waals surface area contributed by atoms with Crippen LogP contribution in [0.2, 0.25) is 5.02 Å². The van der Waals surface area contributed by atoms with Gasteiger partial charge in [-0.2, -0.15) is 16.1 Å². The van der Waals surface area contributed by atoms with E-state index >= 15 is 0 Å². The number of nitrogens with zero attached hydrogens (tertiary/aromatic N) is 1. The molecule has 1 saturated heterocycles. The molecule has 0 radical (unpaired) electrons. The second-order valence-corrected chi connectivity index (χ2v) is 8.39. The zero-order valence-electron chi connectivity index (χ0n) is 10.7. The van der Waals surface area contributed by atoms with Gasteiger partial charge in [0.15, 0.2) is 0 Å². The van der Waals surface area contributed by atoms with Gasteiger partial charge in [0.2, 0.25) is 10.0 Å². The van der Waals surface area contributed by atoms with E-state index in [-0.39, 0.29) is 14.9 Å². The Kier molecular flexibility index (Phi) is 5.30. The summed E-state index contributed by atoms with van der Waals surface area (Å²) in [6.45, 7) is 1.08. The fourth-order valence-corrected chi connectivity index (χ4v) is 5.06. The van der Waals surface area contributed by atoms with E-state index in [0.717, 1.165) is 17.9 Å². The molecule has 8 heteroatoms. The zero-order chi connectivity index (χ0) is 14.8. The van der Waals surface area contributed by atoms with Crippen LogP contribution in [0.5, 0.6) is 0 Å². The molecule has 1 aliphatic rings. The van der Waals surface area contributed by atoms with Crippen LogP contribution in [0.25, 0.3) is 0 Å². The minimum absolute atomic E-state index is 0.158. The van der Waals surface area contributed by atoms with Gasteiger partial charge in [-0.1, -0.05) is 23.8 Å². The lowest BCUT2D eigenvalue weighted by Crippen LogP contribution is -2.33. The summed E-state index contributed by atoms with van der Waals surface area (Å²) in [7, 11) is -3.50. The molecule has 1 aromatic carbocycles. The zero-order valence-corrected chi connectivity index (χ0v) is 13.9. The molecule has 1 aromatic rings. The molecule has 0 bridgehead atoms. The lowest BCUT2D eigenvalue weighted by Gasteiger charge is -2.20. The largest absolute Gasteiger partial charge is 0.389 e. The molecule has 0 unspecified atom stereocenters. The average Bonchev–Trinajstić information content (AvgIpc) is 2.67. The van der Waals surface area contributed by atoms with Crippen molar-refractivity contribution in [3.8, 4) is 0 Å². The quantitative estimate of drug-likeness (QED) is 0.846. The Balaban J connectivity index is 2.34. The smallest absolute Gasteiger partial charge is 0.243 e. The third-order valence-corrected chi connectivity index (χ3v) is 6.50. The fourth-order valence-electron chi connectivity index (χ4n) is 1.97. The first-order valence-corrected chi connectivity index (χ1v) is 9.48. The number of halogens is 1. The van der Waals surface area contributed by atoms with Crippen molar-refractivity contribution >= 4 is 50.6 Å². The van der Waals surface area contributed by atoms with Crippen molar-refractivity contribution in [2.24, 2.45) is 5.73 Å². The number of thioether (sulfide) groups is 1. The van der Waals surface area contributed by atoms with Gasteiger partial charge < -0.3 is 5.73 Å². The summed E-state index contributed by atoms with van der Waals surface area (Å²) in [5.74, 6) is 1.81. The number of hydrogen-bond donors (Lipinski definition) is 1. The number of hydrogen-bond acceptors (Lipinski definition) is 4. The van der Waals surface area contributed by atoms with Crippen LogP contribution in [0.1, 0.15) is 12.0 Å². The molecule has 1 aliphatic heterocycles. The van der Waals surface area contributed by atoms with E-state index in [1.54, 1.807) is 17.8 Å². The summed E-state index contributed by atoms with van der Waals surface area (Å²) in [4.78, 5) is 0.347. The van der Waals surface area contributed by atoms with Gasteiger partial charge in [-0.15, -0.1) is 0 Å². The second-order valence-electron chi connectivity index (χ2n) is 4.38. The monoisotopic (exact) mass is 350 g/mol. The van der Waals surface area contributed by atoms with Gasteiger partial charge in [0.1, 0.15) is 4.99 Å². The topological polar surface area (TPSA) is 63.4 Å². The maximum Gasteiger partial charge on any atom is 0.243 e. The molecule has 0 aromatic heterocycles. The molecule has 1 fully saturated rings. The van der Waals surface area contributed by atoms with Crippen LogP contribution in [-0.2, 0) is 10.0 Å². The molecule has 1 heterocycles. The van der Waals surface area contributed by atoms with Gasteiger partial charge in [0, 0.05) is 24.4 Å². The molecule has 4 nitrogen and oxygen atoms in total. The van der Waals surface area contributed by atoms with Crippen LogP contribution in [0.4, 0.5) is 0 Å². The number of benzene rings is 1. The summed E-state index contributed by atoms with van der Waals surface area (Å²) < 4.78 is 26.6. The molecular weight excluding hydrogens is 336 g/mol. The van der Waals surface area contributed by atoms with Crippen molar-refractivity contribution in [2.45, 2.75) is 11.3 Å². The van der Waals surface area contributed by atoms with E-state index in [1.807, 2.05) is 0 Å². The van der Waals surface area contributed by atoms with Crippen LogP contribution >= 0.6 is 35.6 Å². The average molecular weight is 351 g/mol. The van der Waals surface area contributed by atoms with Crippen LogP contribution < -0.4 is 5.73 Å². The van der Waals surface area contributed by atoms with E-state index < -0.39 is 10.0 Å². The highest BCUT2D eigenvalue weighted by atomic mass is 35.5. The van der Waals surface area contributed by atoms with E-state index in [9.17, 15) is 8.42 Å². The highest BCUT2D eigenvalue weighted by molar-refractivity contribution is 7.99. The van der Waals surface area contributed by atoms with Crippen LogP contribution in [-0.4, -0.2) is 42.3 Å². The Hall–Kier alpha value is -0.340. The van der Waals surface area contributed by atoms with Crippen molar-refractivity contribution in [2.75, 3.05) is 24.6 Å². The van der Waals surface area contributed by atoms with E-state index in [2.05, 4.69) is 0 Å². The third kappa shape index (κ3) is 3.46. The minimum Gasteiger partial charge on any atom is -0.389 e. The summed E-state index contributed by atoms with van der Waals surface area (Å²) >= 11 is 12.7. The van der Waals surface area contributed by atoms with Gasteiger partial charge in [-0.25, -0.2) is 8.42 Å². The van der Waals surface area contributed by atoms with E-state index in [1.165, 1.54) is 16.4 Å². The Morgan fingerprint density at radius 1 is 1.35 bits per heavy atom. The number of nitrogens with two attached hydrogens (primary N) is 1. The molecule has 0 amide bonds. The van der Waals surface area contributed by atoms with Crippen molar-refractivity contribution in [3.63, 3.8) is 0 Å². The van der Waals surface area contributed by atoms with E-state index in [4.69, 9.17) is 29.6 Å². The SMILES string of the molecule is NC(=S)c1ccc(S(=O)(=O)N2CCCSCC2)cc1Cl. The predicted molar refractivity (Wildman–Crippen MR) is 88.0 cm³/mol. The summed E-state index contributed by atoms with van der Waals surface area (Å²) in [6, 6.07) is 4.49. The van der Waals surface area contributed by atoms with Gasteiger partial charge in [0.05, 0.1) is 9.92 Å². The predicted octanol–water partition coefficient (Wildman–Crippen LogP) is 2.10. The van der Waals surface area contributed by atoms with Gasteiger partial charge in [-0.05, 0) is 30.4 Å². The molecular formula is C12H15ClN2O2S3. The first-order valence-electron chi connectivity index (χ1n) is 6.10. The lowest BCUT2D eigenvalue weighted by molar-refractivity contribution is 0.435. The van der Waals surface area contributed by atoms with Crippen molar-refractivity contribution < 1.29 is 8.42 Å². The van der Waals surface area contributed by atoms with Crippen molar-refractivity contribution in [1.82, 2.24) is 4.31 Å². The van der Waals surface area contributed by atoms with E-state index in [0.29, 0.717) is 18.7 Å². The number of thiocarbonyl (C=S) groups is 1. The Morgan fingerprint density at radius 3 is 2.75 bits per heavy atom. The number of rotatable bonds is 3. The Morgan fingerprint density at radius 2 is 2.10 bits per heavy atom. The van der Waals surface area contributed by atoms with Crippen molar-refractivity contribution in [1.29, 1.82) is 0 Å². The summed E-state index contributed by atoms with van der Waals surface area (Å²) in [6.07, 6.45) is 0.864. The minimum atomic E-state index is -3.50. The molecule has 2 N–H and O–H groups in total. The molecule has 0 saturated carbocycles. The summed E-state index contributed by atoms with van der Waals surface area (Å²) in [5, 5.41) is 0.266. The molecule has 0 atom stereocenters. The van der Waals surface area contributed by atoms with Gasteiger partial charge >= 0.3 is 0 Å².